The number of thiophene rings is 1. The van der Waals surface area contributed by atoms with Gasteiger partial charge >= 0.3 is 0 Å². The zero-order chi connectivity index (χ0) is 17.9. The minimum Gasteiger partial charge on any atom is -0.338 e. The van der Waals surface area contributed by atoms with E-state index >= 15 is 0 Å². The SMILES string of the molecule is C#CCN(CCC(=O)N1CCc2sccc2C1)C1CCc2ccccc21. The van der Waals surface area contributed by atoms with Crippen molar-refractivity contribution in [1.29, 1.82) is 0 Å². The molecule has 2 aliphatic rings. The Kier molecular flexibility index (Phi) is 5.10. The van der Waals surface area contributed by atoms with E-state index in [4.69, 9.17) is 6.42 Å². The number of carbonyl (C=O) groups excluding carboxylic acids is 1. The van der Waals surface area contributed by atoms with E-state index in [9.17, 15) is 4.79 Å². The molecule has 1 aliphatic heterocycles. The molecule has 1 amide bonds. The number of aryl methyl sites for hydroxylation is 1. The summed E-state index contributed by atoms with van der Waals surface area (Å²) in [6.07, 6.45) is 9.35. The van der Waals surface area contributed by atoms with Gasteiger partial charge in [0.15, 0.2) is 0 Å². The lowest BCUT2D eigenvalue weighted by Crippen LogP contribution is -2.38. The molecule has 0 saturated heterocycles. The molecule has 0 N–H and O–H groups in total. The second kappa shape index (κ2) is 7.65. The number of hydrogen-bond acceptors (Lipinski definition) is 3. The van der Waals surface area contributed by atoms with Crippen LogP contribution in [0.4, 0.5) is 0 Å². The maximum atomic E-state index is 12.7. The van der Waals surface area contributed by atoms with Gasteiger partial charge < -0.3 is 4.90 Å². The van der Waals surface area contributed by atoms with Gasteiger partial charge in [0.2, 0.25) is 5.91 Å². The molecule has 0 bridgehead atoms. The normalized spacial score (nSPS) is 18.5. The van der Waals surface area contributed by atoms with E-state index in [0.717, 1.165) is 38.9 Å². The van der Waals surface area contributed by atoms with Crippen molar-refractivity contribution in [3.63, 3.8) is 0 Å². The molecule has 26 heavy (non-hydrogen) atoms. The average molecular weight is 365 g/mol. The fourth-order valence-electron chi connectivity index (χ4n) is 4.23. The third kappa shape index (κ3) is 3.42. The molecule has 2 heterocycles. The third-order valence-corrected chi connectivity index (χ3v) is 6.63. The molecule has 134 valence electrons. The molecule has 1 aromatic heterocycles. The first-order valence-electron chi connectivity index (χ1n) is 9.34. The molecular formula is C22H24N2OS. The number of nitrogens with zero attached hydrogens (tertiary/aromatic N) is 2. The molecule has 4 heteroatoms. The number of hydrogen-bond donors (Lipinski definition) is 0. The largest absolute Gasteiger partial charge is 0.338 e. The minimum atomic E-state index is 0.246. The molecular weight excluding hydrogens is 340 g/mol. The summed E-state index contributed by atoms with van der Waals surface area (Å²) in [5.74, 6) is 3.04. The molecule has 0 spiro atoms. The molecule has 1 aliphatic carbocycles. The van der Waals surface area contributed by atoms with Gasteiger partial charge in [0.1, 0.15) is 0 Å². The highest BCUT2D eigenvalue weighted by molar-refractivity contribution is 7.10. The molecule has 4 rings (SSSR count). The lowest BCUT2D eigenvalue weighted by atomic mass is 10.1. The Morgan fingerprint density at radius 1 is 1.27 bits per heavy atom. The van der Waals surface area contributed by atoms with E-state index in [0.29, 0.717) is 19.0 Å². The first-order chi connectivity index (χ1) is 12.8. The number of terminal acetylenes is 1. The summed E-state index contributed by atoms with van der Waals surface area (Å²) in [7, 11) is 0. The number of fused-ring (bicyclic) bond motifs is 2. The number of amides is 1. The van der Waals surface area contributed by atoms with Crippen molar-refractivity contribution >= 4 is 17.2 Å². The first-order valence-corrected chi connectivity index (χ1v) is 10.2. The monoisotopic (exact) mass is 364 g/mol. The second-order valence-electron chi connectivity index (χ2n) is 7.11. The highest BCUT2D eigenvalue weighted by atomic mass is 32.1. The second-order valence-corrected chi connectivity index (χ2v) is 8.11. The maximum absolute atomic E-state index is 12.7. The third-order valence-electron chi connectivity index (χ3n) is 5.61. The Morgan fingerprint density at radius 2 is 2.15 bits per heavy atom. The number of rotatable bonds is 5. The summed E-state index contributed by atoms with van der Waals surface area (Å²) in [4.78, 5) is 18.5. The van der Waals surface area contributed by atoms with Gasteiger partial charge in [-0.25, -0.2) is 0 Å². The van der Waals surface area contributed by atoms with E-state index in [1.54, 1.807) is 11.3 Å². The first kappa shape index (κ1) is 17.3. The summed E-state index contributed by atoms with van der Waals surface area (Å²) in [5, 5.41) is 2.13. The van der Waals surface area contributed by atoms with Crippen LogP contribution in [0.25, 0.3) is 0 Å². The van der Waals surface area contributed by atoms with Crippen molar-refractivity contribution in [2.45, 2.75) is 38.3 Å². The van der Waals surface area contributed by atoms with E-state index in [-0.39, 0.29) is 5.91 Å². The van der Waals surface area contributed by atoms with Gasteiger partial charge in [0, 0.05) is 37.0 Å². The number of carbonyl (C=O) groups is 1. The molecule has 1 atom stereocenters. The standard InChI is InChI=1S/C22H24N2OS/c1-2-12-23(20-8-7-17-5-3-4-6-19(17)20)14-10-22(25)24-13-9-21-18(16-24)11-15-26-21/h1,3-6,11,15,20H,7-10,12-14,16H2. The Morgan fingerprint density at radius 3 is 3.04 bits per heavy atom. The zero-order valence-corrected chi connectivity index (χ0v) is 15.8. The Hall–Kier alpha value is -2.09. The molecule has 0 fully saturated rings. The fourth-order valence-corrected chi connectivity index (χ4v) is 5.12. The van der Waals surface area contributed by atoms with Crippen molar-refractivity contribution < 1.29 is 4.79 Å². The highest BCUT2D eigenvalue weighted by Crippen LogP contribution is 2.35. The van der Waals surface area contributed by atoms with Crippen LogP contribution in [0.15, 0.2) is 35.7 Å². The van der Waals surface area contributed by atoms with Crippen LogP contribution in [-0.4, -0.2) is 35.3 Å². The van der Waals surface area contributed by atoms with Crippen LogP contribution in [0.5, 0.6) is 0 Å². The van der Waals surface area contributed by atoms with Crippen LogP contribution in [0.1, 0.15) is 40.5 Å². The van der Waals surface area contributed by atoms with Crippen molar-refractivity contribution in [2.24, 2.45) is 0 Å². The Labute approximate surface area is 159 Å². The summed E-state index contributed by atoms with van der Waals surface area (Å²) < 4.78 is 0. The zero-order valence-electron chi connectivity index (χ0n) is 15.0. The molecule has 0 radical (unpaired) electrons. The van der Waals surface area contributed by atoms with Crippen LogP contribution in [-0.2, 0) is 24.2 Å². The summed E-state index contributed by atoms with van der Waals surface area (Å²) in [6, 6.07) is 11.1. The molecule has 1 aromatic carbocycles. The van der Waals surface area contributed by atoms with Gasteiger partial charge in [-0.1, -0.05) is 30.2 Å². The Bertz CT molecular complexity index is 835. The van der Waals surface area contributed by atoms with Crippen molar-refractivity contribution in [3.8, 4) is 12.3 Å². The minimum absolute atomic E-state index is 0.246. The highest BCUT2D eigenvalue weighted by Gasteiger charge is 2.28. The molecule has 0 saturated carbocycles. The fraction of sp³-hybridized carbons (Fsp3) is 0.409. The van der Waals surface area contributed by atoms with Crippen LogP contribution in [0.2, 0.25) is 0 Å². The van der Waals surface area contributed by atoms with E-state index < -0.39 is 0 Å². The van der Waals surface area contributed by atoms with Crippen molar-refractivity contribution in [1.82, 2.24) is 9.80 Å². The van der Waals surface area contributed by atoms with E-state index in [1.165, 1.54) is 21.6 Å². The van der Waals surface area contributed by atoms with Gasteiger partial charge in [-0.3, -0.25) is 9.69 Å². The topological polar surface area (TPSA) is 23.6 Å². The van der Waals surface area contributed by atoms with Gasteiger partial charge in [0.25, 0.3) is 0 Å². The predicted molar refractivity (Wildman–Crippen MR) is 106 cm³/mol. The lowest BCUT2D eigenvalue weighted by Gasteiger charge is -2.30. The summed E-state index contributed by atoms with van der Waals surface area (Å²) in [5.41, 5.74) is 4.13. The van der Waals surface area contributed by atoms with Crippen LogP contribution >= 0.6 is 11.3 Å². The van der Waals surface area contributed by atoms with Gasteiger partial charge in [-0.15, -0.1) is 17.8 Å². The van der Waals surface area contributed by atoms with Gasteiger partial charge in [0.05, 0.1) is 6.54 Å². The van der Waals surface area contributed by atoms with E-state index in [2.05, 4.69) is 46.5 Å². The molecule has 1 unspecified atom stereocenters. The maximum Gasteiger partial charge on any atom is 0.224 e. The van der Waals surface area contributed by atoms with Gasteiger partial charge in [-0.2, -0.15) is 0 Å². The predicted octanol–water partition coefficient (Wildman–Crippen LogP) is 3.65. The Balaban J connectivity index is 1.39. The molecule has 3 nitrogen and oxygen atoms in total. The summed E-state index contributed by atoms with van der Waals surface area (Å²) in [6.45, 7) is 2.93. The van der Waals surface area contributed by atoms with Crippen LogP contribution in [0.3, 0.4) is 0 Å². The quantitative estimate of drug-likeness (QED) is 0.756. The van der Waals surface area contributed by atoms with Crippen molar-refractivity contribution in [2.75, 3.05) is 19.6 Å². The summed E-state index contributed by atoms with van der Waals surface area (Å²) >= 11 is 1.81. The van der Waals surface area contributed by atoms with Gasteiger partial charge in [-0.05, 0) is 47.4 Å². The van der Waals surface area contributed by atoms with Crippen molar-refractivity contribution in [3.05, 3.63) is 57.3 Å². The molecule has 2 aromatic rings. The van der Waals surface area contributed by atoms with E-state index in [1.807, 2.05) is 4.90 Å². The number of benzene rings is 1. The van der Waals surface area contributed by atoms with Crippen LogP contribution in [0, 0.1) is 12.3 Å². The lowest BCUT2D eigenvalue weighted by molar-refractivity contribution is -0.132. The van der Waals surface area contributed by atoms with Crippen LogP contribution < -0.4 is 0 Å². The average Bonchev–Trinajstić information content (AvgIpc) is 3.31. The smallest absolute Gasteiger partial charge is 0.224 e.